The van der Waals surface area contributed by atoms with Crippen LogP contribution in [0.4, 0.5) is 13.2 Å². The van der Waals surface area contributed by atoms with E-state index < -0.39 is 23.7 Å². The molecule has 2 spiro atoms. The van der Waals surface area contributed by atoms with Crippen LogP contribution in [-0.2, 0) is 29.6 Å². The minimum Gasteiger partial charge on any atom is -0.484 e. The van der Waals surface area contributed by atoms with E-state index in [1.807, 2.05) is 12.1 Å². The van der Waals surface area contributed by atoms with Crippen LogP contribution >= 0.6 is 12.2 Å². The molecule has 2 aliphatic carbocycles. The number of hydrogen-bond donors (Lipinski definition) is 1. The van der Waals surface area contributed by atoms with E-state index >= 15 is 0 Å². The lowest BCUT2D eigenvalue weighted by molar-refractivity contribution is -0.153. The minimum absolute atomic E-state index is 0.101. The maximum Gasteiger partial charge on any atom is 0.422 e. The van der Waals surface area contributed by atoms with Crippen molar-refractivity contribution in [3.8, 4) is 5.75 Å². The molecular formula is C24H23F3N2O2S. The Morgan fingerprint density at radius 3 is 2.31 bits per heavy atom. The molecule has 1 saturated heterocycles. The summed E-state index contributed by atoms with van der Waals surface area (Å²) in [4.78, 5) is 15.2. The number of benzene rings is 2. The highest BCUT2D eigenvalue weighted by atomic mass is 32.1. The second-order valence-corrected chi connectivity index (χ2v) is 9.38. The third-order valence-corrected chi connectivity index (χ3v) is 7.68. The Morgan fingerprint density at radius 2 is 1.75 bits per heavy atom. The van der Waals surface area contributed by atoms with Crippen molar-refractivity contribution in [2.24, 2.45) is 5.41 Å². The van der Waals surface area contributed by atoms with Gasteiger partial charge in [-0.3, -0.25) is 9.69 Å². The number of carbonyl (C=O) groups excluding carboxylic acids is 1. The number of halogens is 3. The summed E-state index contributed by atoms with van der Waals surface area (Å²) < 4.78 is 43.2. The highest BCUT2D eigenvalue weighted by molar-refractivity contribution is 7.80. The molecule has 2 aromatic carbocycles. The molecule has 3 aliphatic rings. The number of fused-ring (bicyclic) bond motifs is 4. The number of nitrogens with one attached hydrogen (secondary N) is 1. The van der Waals surface area contributed by atoms with Crippen LogP contribution in [0.1, 0.15) is 35.1 Å². The van der Waals surface area contributed by atoms with Crippen LogP contribution in [0, 0.1) is 5.41 Å². The summed E-state index contributed by atoms with van der Waals surface area (Å²) >= 11 is 5.46. The highest BCUT2D eigenvalue weighted by Gasteiger charge is 2.66. The molecule has 32 heavy (non-hydrogen) atoms. The predicted molar refractivity (Wildman–Crippen MR) is 117 cm³/mol. The maximum atomic E-state index is 13.7. The first-order valence-corrected chi connectivity index (χ1v) is 11.1. The van der Waals surface area contributed by atoms with Crippen LogP contribution in [0.15, 0.2) is 42.5 Å². The predicted octanol–water partition coefficient (Wildman–Crippen LogP) is 4.29. The Bertz CT molecular complexity index is 1090. The smallest absolute Gasteiger partial charge is 0.422 e. The molecule has 168 valence electrons. The fourth-order valence-electron chi connectivity index (χ4n) is 5.75. The van der Waals surface area contributed by atoms with E-state index in [4.69, 9.17) is 17.0 Å². The van der Waals surface area contributed by atoms with E-state index in [0.717, 1.165) is 31.2 Å². The van der Waals surface area contributed by atoms with Crippen molar-refractivity contribution in [1.29, 1.82) is 0 Å². The van der Waals surface area contributed by atoms with Crippen LogP contribution in [0.25, 0.3) is 0 Å². The van der Waals surface area contributed by atoms with Crippen molar-refractivity contribution in [2.75, 3.05) is 13.7 Å². The average Bonchev–Trinajstić information content (AvgIpc) is 3.05. The molecule has 0 radical (unpaired) electrons. The summed E-state index contributed by atoms with van der Waals surface area (Å²) in [6, 6.07) is 13.3. The lowest BCUT2D eigenvalue weighted by atomic mass is 9.65. The number of hydrogen-bond acceptors (Lipinski definition) is 3. The number of thiocarbonyl (C=S) groups is 1. The molecule has 8 heteroatoms. The van der Waals surface area contributed by atoms with Gasteiger partial charge >= 0.3 is 6.18 Å². The maximum absolute atomic E-state index is 13.7. The Morgan fingerprint density at radius 1 is 1.09 bits per heavy atom. The molecule has 1 N–H and O–H groups in total. The van der Waals surface area contributed by atoms with Crippen molar-refractivity contribution in [3.63, 3.8) is 0 Å². The van der Waals surface area contributed by atoms with Gasteiger partial charge in [-0.05, 0) is 78.7 Å². The zero-order valence-electron chi connectivity index (χ0n) is 17.6. The first kappa shape index (κ1) is 21.2. The summed E-state index contributed by atoms with van der Waals surface area (Å²) in [5.74, 6) is -0.0512. The summed E-state index contributed by atoms with van der Waals surface area (Å²) in [7, 11) is 1.65. The van der Waals surface area contributed by atoms with Gasteiger partial charge in [-0.2, -0.15) is 13.2 Å². The molecule has 5 rings (SSSR count). The zero-order chi connectivity index (χ0) is 22.7. The van der Waals surface area contributed by atoms with Gasteiger partial charge in [0.15, 0.2) is 17.3 Å². The summed E-state index contributed by atoms with van der Waals surface area (Å²) in [5, 5.41) is 3.67. The molecule has 1 unspecified atom stereocenters. The second kappa shape index (κ2) is 7.20. The zero-order valence-corrected chi connectivity index (χ0v) is 18.4. The Kier molecular flexibility index (Phi) is 4.78. The number of ether oxygens (including phenoxy) is 1. The Balaban J connectivity index is 1.60. The van der Waals surface area contributed by atoms with E-state index in [1.165, 1.54) is 16.0 Å². The number of alkyl halides is 3. The van der Waals surface area contributed by atoms with Gasteiger partial charge in [-0.25, -0.2) is 0 Å². The SMILES string of the molecule is CN1C(=O)C2(NC1=S)c1cc(OCC(F)(F)F)ccc1CC21CCc2ccccc2CC1. The van der Waals surface area contributed by atoms with Gasteiger partial charge in [0.1, 0.15) is 5.75 Å². The fraction of sp³-hybridized carbons (Fsp3) is 0.417. The van der Waals surface area contributed by atoms with Gasteiger partial charge in [0.05, 0.1) is 0 Å². The van der Waals surface area contributed by atoms with E-state index in [2.05, 4.69) is 17.4 Å². The third kappa shape index (κ3) is 3.10. The summed E-state index contributed by atoms with van der Waals surface area (Å²) in [6.45, 7) is -1.38. The van der Waals surface area contributed by atoms with Crippen molar-refractivity contribution >= 4 is 23.2 Å². The summed E-state index contributed by atoms with van der Waals surface area (Å²) in [6.07, 6.45) is -0.581. The van der Waals surface area contributed by atoms with Crippen LogP contribution in [-0.4, -0.2) is 35.8 Å². The molecule has 0 aromatic heterocycles. The van der Waals surface area contributed by atoms with Gasteiger partial charge in [0.25, 0.3) is 5.91 Å². The number of rotatable bonds is 2. The number of carbonyl (C=O) groups is 1. The van der Waals surface area contributed by atoms with E-state index in [1.54, 1.807) is 25.2 Å². The highest BCUT2D eigenvalue weighted by Crippen LogP contribution is 2.59. The molecule has 1 heterocycles. The molecule has 4 nitrogen and oxygen atoms in total. The van der Waals surface area contributed by atoms with E-state index in [9.17, 15) is 18.0 Å². The second-order valence-electron chi connectivity index (χ2n) is 8.99. The topological polar surface area (TPSA) is 41.6 Å². The van der Waals surface area contributed by atoms with Crippen molar-refractivity contribution in [3.05, 3.63) is 64.7 Å². The van der Waals surface area contributed by atoms with Crippen LogP contribution < -0.4 is 10.1 Å². The standard InChI is InChI=1S/C24H23F3N2O2S/c1-29-20(30)24(28-21(29)32)19-12-18(31-14-23(25,26)27)7-6-17(19)13-22(24)10-8-15-4-2-3-5-16(15)9-11-22/h2-7,12H,8-11,13-14H2,1H3,(H,28,32). The lowest BCUT2D eigenvalue weighted by Gasteiger charge is -2.42. The molecule has 1 aliphatic heterocycles. The van der Waals surface area contributed by atoms with Gasteiger partial charge in [0, 0.05) is 12.5 Å². The molecular weight excluding hydrogens is 437 g/mol. The van der Waals surface area contributed by atoms with Gasteiger partial charge in [0.2, 0.25) is 0 Å². The third-order valence-electron chi connectivity index (χ3n) is 7.30. The number of aryl methyl sites for hydroxylation is 2. The average molecular weight is 461 g/mol. The van der Waals surface area contributed by atoms with Gasteiger partial charge < -0.3 is 10.1 Å². The first-order valence-electron chi connectivity index (χ1n) is 10.7. The molecule has 1 amide bonds. The van der Waals surface area contributed by atoms with Gasteiger partial charge in [-0.1, -0.05) is 30.3 Å². The van der Waals surface area contributed by atoms with E-state index in [0.29, 0.717) is 17.1 Å². The molecule has 1 fully saturated rings. The Hall–Kier alpha value is -2.61. The normalized spacial score (nSPS) is 23.8. The molecule has 2 aromatic rings. The van der Waals surface area contributed by atoms with Crippen LogP contribution in [0.3, 0.4) is 0 Å². The largest absolute Gasteiger partial charge is 0.484 e. The van der Waals surface area contributed by atoms with Crippen molar-refractivity contribution < 1.29 is 22.7 Å². The molecule has 1 atom stereocenters. The lowest BCUT2D eigenvalue weighted by Crippen LogP contribution is -2.55. The number of likely N-dealkylation sites (N-methyl/N-ethyl adjacent to an activating group) is 1. The van der Waals surface area contributed by atoms with E-state index in [-0.39, 0.29) is 11.7 Å². The van der Waals surface area contributed by atoms with Gasteiger partial charge in [-0.15, -0.1) is 0 Å². The monoisotopic (exact) mass is 460 g/mol. The quantitative estimate of drug-likeness (QED) is 0.679. The first-order chi connectivity index (χ1) is 15.2. The number of nitrogens with zero attached hydrogens (tertiary/aromatic N) is 1. The van der Waals surface area contributed by atoms with Crippen molar-refractivity contribution in [1.82, 2.24) is 10.2 Å². The summed E-state index contributed by atoms with van der Waals surface area (Å²) in [5.41, 5.74) is 2.66. The number of amides is 1. The molecule has 0 bridgehead atoms. The van der Waals surface area contributed by atoms with Crippen molar-refractivity contribution in [2.45, 2.75) is 43.8 Å². The fourth-order valence-corrected chi connectivity index (χ4v) is 5.99. The minimum atomic E-state index is -4.44. The Labute approximate surface area is 189 Å². The van der Waals surface area contributed by atoms with Crippen LogP contribution in [0.2, 0.25) is 0 Å². The van der Waals surface area contributed by atoms with Crippen LogP contribution in [0.5, 0.6) is 5.75 Å². The molecule has 0 saturated carbocycles.